The van der Waals surface area contributed by atoms with Gasteiger partial charge in [-0.05, 0) is 62.9 Å². The van der Waals surface area contributed by atoms with Crippen molar-refractivity contribution in [2.75, 3.05) is 19.6 Å². The number of likely N-dealkylation sites (tertiary alicyclic amines) is 2. The third-order valence-corrected chi connectivity index (χ3v) is 6.01. The average Bonchev–Trinajstić information content (AvgIpc) is 3.12. The first-order valence-electron chi connectivity index (χ1n) is 9.35. The van der Waals surface area contributed by atoms with Gasteiger partial charge in [0.05, 0.1) is 12.2 Å². The number of pyridine rings is 1. The molecule has 0 aliphatic carbocycles. The largest absolute Gasteiger partial charge is 0.361 e. The molecule has 138 valence electrons. The number of nitrogens with zero attached hydrogens (tertiary/aromatic N) is 4. The minimum Gasteiger partial charge on any atom is -0.361 e. The molecule has 2 aliphatic rings. The molecular weight excluding hydrogens is 328 g/mol. The first-order valence-corrected chi connectivity index (χ1v) is 9.35. The molecule has 1 spiro atoms. The zero-order valence-corrected chi connectivity index (χ0v) is 15.6. The number of carbonyl (C=O) groups is 1. The van der Waals surface area contributed by atoms with Crippen molar-refractivity contribution >= 4 is 5.91 Å². The molecule has 1 amide bonds. The van der Waals surface area contributed by atoms with Crippen LogP contribution in [-0.4, -0.2) is 45.5 Å². The molecule has 0 atom stereocenters. The van der Waals surface area contributed by atoms with Crippen molar-refractivity contribution in [2.45, 2.75) is 46.2 Å². The second kappa shape index (κ2) is 6.83. The highest BCUT2D eigenvalue weighted by Gasteiger charge is 2.44. The van der Waals surface area contributed by atoms with Gasteiger partial charge in [0.2, 0.25) is 5.91 Å². The first kappa shape index (κ1) is 17.2. The highest BCUT2D eigenvalue weighted by molar-refractivity contribution is 5.79. The van der Waals surface area contributed by atoms with Gasteiger partial charge in [-0.15, -0.1) is 0 Å². The van der Waals surface area contributed by atoms with Crippen molar-refractivity contribution < 1.29 is 9.32 Å². The number of amides is 1. The Hall–Kier alpha value is -2.21. The summed E-state index contributed by atoms with van der Waals surface area (Å²) in [5, 5.41) is 4.01. The molecule has 0 N–H and O–H groups in total. The number of aromatic nitrogens is 2. The predicted molar refractivity (Wildman–Crippen MR) is 97.2 cm³/mol. The monoisotopic (exact) mass is 354 g/mol. The number of carbonyl (C=O) groups excluding carboxylic acids is 1. The maximum absolute atomic E-state index is 12.6. The van der Waals surface area contributed by atoms with Gasteiger partial charge in [0.15, 0.2) is 0 Å². The van der Waals surface area contributed by atoms with E-state index in [2.05, 4.69) is 27.2 Å². The van der Waals surface area contributed by atoms with Crippen LogP contribution < -0.4 is 0 Å². The van der Waals surface area contributed by atoms with E-state index in [0.717, 1.165) is 56.0 Å². The maximum atomic E-state index is 12.6. The number of rotatable bonds is 4. The van der Waals surface area contributed by atoms with Gasteiger partial charge in [0.1, 0.15) is 5.76 Å². The summed E-state index contributed by atoms with van der Waals surface area (Å²) in [6, 6.07) is 4.16. The van der Waals surface area contributed by atoms with E-state index in [4.69, 9.17) is 4.52 Å². The first-order chi connectivity index (χ1) is 12.5. The third kappa shape index (κ3) is 3.38. The summed E-state index contributed by atoms with van der Waals surface area (Å²) in [5.74, 6) is 1.09. The Kier molecular flexibility index (Phi) is 4.53. The van der Waals surface area contributed by atoms with Crippen LogP contribution in [0.5, 0.6) is 0 Å². The van der Waals surface area contributed by atoms with Gasteiger partial charge in [-0.2, -0.15) is 0 Å². The Morgan fingerprint density at radius 1 is 1.15 bits per heavy atom. The molecule has 0 unspecified atom stereocenters. The van der Waals surface area contributed by atoms with Gasteiger partial charge in [-0.3, -0.25) is 14.7 Å². The molecule has 0 radical (unpaired) electrons. The molecule has 0 aromatic carbocycles. The van der Waals surface area contributed by atoms with E-state index in [9.17, 15) is 4.79 Å². The number of piperidine rings is 1. The lowest BCUT2D eigenvalue weighted by molar-refractivity contribution is -0.128. The zero-order valence-electron chi connectivity index (χ0n) is 15.6. The topological polar surface area (TPSA) is 62.5 Å². The van der Waals surface area contributed by atoms with Crippen molar-refractivity contribution in [1.29, 1.82) is 0 Å². The van der Waals surface area contributed by atoms with Crippen molar-refractivity contribution in [3.63, 3.8) is 0 Å². The molecule has 6 heteroatoms. The zero-order chi connectivity index (χ0) is 18.1. The normalized spacial score (nSPS) is 20.2. The van der Waals surface area contributed by atoms with Crippen LogP contribution in [0.3, 0.4) is 0 Å². The SMILES string of the molecule is Cc1noc(C)c1CN1CC2(CCN(Cc3ccncc3)CC2)CC1=O. The Morgan fingerprint density at radius 3 is 2.54 bits per heavy atom. The van der Waals surface area contributed by atoms with E-state index in [1.807, 2.05) is 31.1 Å². The Bertz CT molecular complexity index is 759. The van der Waals surface area contributed by atoms with Crippen LogP contribution in [0.15, 0.2) is 29.0 Å². The van der Waals surface area contributed by atoms with Crippen LogP contribution in [0, 0.1) is 19.3 Å². The van der Waals surface area contributed by atoms with Crippen molar-refractivity contribution in [3.05, 3.63) is 47.1 Å². The van der Waals surface area contributed by atoms with E-state index in [0.29, 0.717) is 13.0 Å². The molecule has 2 saturated heterocycles. The molecule has 6 nitrogen and oxygen atoms in total. The van der Waals surface area contributed by atoms with E-state index in [1.54, 1.807) is 0 Å². The molecule has 2 aromatic heterocycles. The second-order valence-corrected chi connectivity index (χ2v) is 7.86. The summed E-state index contributed by atoms with van der Waals surface area (Å²) in [7, 11) is 0. The number of hydrogen-bond donors (Lipinski definition) is 0. The van der Waals surface area contributed by atoms with Crippen LogP contribution in [0.4, 0.5) is 0 Å². The third-order valence-electron chi connectivity index (χ3n) is 6.01. The van der Waals surface area contributed by atoms with Crippen LogP contribution in [0.1, 0.15) is 41.8 Å². The van der Waals surface area contributed by atoms with Gasteiger partial charge < -0.3 is 9.42 Å². The number of hydrogen-bond acceptors (Lipinski definition) is 5. The lowest BCUT2D eigenvalue weighted by Gasteiger charge is -2.38. The van der Waals surface area contributed by atoms with E-state index in [1.165, 1.54) is 5.56 Å². The van der Waals surface area contributed by atoms with Gasteiger partial charge in [0.25, 0.3) is 0 Å². The highest BCUT2D eigenvalue weighted by Crippen LogP contribution is 2.42. The minimum atomic E-state index is 0.144. The molecule has 0 saturated carbocycles. The summed E-state index contributed by atoms with van der Waals surface area (Å²) >= 11 is 0. The van der Waals surface area contributed by atoms with Crippen molar-refractivity contribution in [1.82, 2.24) is 19.9 Å². The van der Waals surface area contributed by atoms with Gasteiger partial charge in [-0.1, -0.05) is 5.16 Å². The lowest BCUT2D eigenvalue weighted by Crippen LogP contribution is -2.41. The molecule has 4 rings (SSSR count). The Labute approximate surface area is 154 Å². The maximum Gasteiger partial charge on any atom is 0.223 e. The van der Waals surface area contributed by atoms with Crippen LogP contribution in [0.25, 0.3) is 0 Å². The predicted octanol–water partition coefficient (Wildman–Crippen LogP) is 2.70. The Morgan fingerprint density at radius 2 is 1.88 bits per heavy atom. The van der Waals surface area contributed by atoms with Crippen molar-refractivity contribution in [2.24, 2.45) is 5.41 Å². The Balaban J connectivity index is 1.36. The van der Waals surface area contributed by atoms with Crippen LogP contribution in [0.2, 0.25) is 0 Å². The second-order valence-electron chi connectivity index (χ2n) is 7.86. The van der Waals surface area contributed by atoms with E-state index >= 15 is 0 Å². The summed E-state index contributed by atoms with van der Waals surface area (Å²) in [4.78, 5) is 21.2. The van der Waals surface area contributed by atoms with Crippen molar-refractivity contribution in [3.8, 4) is 0 Å². The molecule has 0 bridgehead atoms. The quantitative estimate of drug-likeness (QED) is 0.845. The fourth-order valence-corrected chi connectivity index (χ4v) is 4.31. The molecule has 4 heterocycles. The molecular formula is C20H26N4O2. The van der Waals surface area contributed by atoms with E-state index in [-0.39, 0.29) is 11.3 Å². The molecule has 2 aromatic rings. The summed E-state index contributed by atoms with van der Waals surface area (Å²) in [6.45, 7) is 8.42. The number of aryl methyl sites for hydroxylation is 2. The van der Waals surface area contributed by atoms with E-state index < -0.39 is 0 Å². The summed E-state index contributed by atoms with van der Waals surface area (Å²) < 4.78 is 5.25. The lowest BCUT2D eigenvalue weighted by atomic mass is 9.77. The molecule has 2 fully saturated rings. The highest BCUT2D eigenvalue weighted by atomic mass is 16.5. The molecule has 2 aliphatic heterocycles. The fourth-order valence-electron chi connectivity index (χ4n) is 4.31. The van der Waals surface area contributed by atoms with Crippen LogP contribution in [-0.2, 0) is 17.9 Å². The molecule has 26 heavy (non-hydrogen) atoms. The summed E-state index contributed by atoms with van der Waals surface area (Å²) in [5.41, 5.74) is 3.40. The fraction of sp³-hybridized carbons (Fsp3) is 0.550. The standard InChI is InChI=1S/C20H26N4O2/c1-15-18(16(2)26-22-15)13-24-14-20(11-19(24)25)5-9-23(10-6-20)12-17-3-7-21-8-4-17/h3-4,7-8H,5-6,9-14H2,1-2H3. The van der Waals surface area contributed by atoms with Gasteiger partial charge >= 0.3 is 0 Å². The van der Waals surface area contributed by atoms with Crippen LogP contribution >= 0.6 is 0 Å². The minimum absolute atomic E-state index is 0.144. The van der Waals surface area contributed by atoms with Gasteiger partial charge in [-0.25, -0.2) is 0 Å². The average molecular weight is 354 g/mol. The summed E-state index contributed by atoms with van der Waals surface area (Å²) in [6.07, 6.45) is 6.55. The smallest absolute Gasteiger partial charge is 0.223 e. The van der Waals surface area contributed by atoms with Gasteiger partial charge in [0, 0.05) is 37.5 Å².